The van der Waals surface area contributed by atoms with Gasteiger partial charge in [0.15, 0.2) is 6.29 Å². The van der Waals surface area contributed by atoms with E-state index in [4.69, 9.17) is 14.2 Å². The van der Waals surface area contributed by atoms with Gasteiger partial charge in [-0.1, -0.05) is 41.5 Å². The maximum absolute atomic E-state index is 11.0. The molecule has 0 saturated carbocycles. The smallest absolute Gasteiger partial charge is 0.279 e. The maximum Gasteiger partial charge on any atom is 0.279 e. The summed E-state index contributed by atoms with van der Waals surface area (Å²) in [5.74, 6) is -2.93. The molecule has 2 saturated heterocycles. The fourth-order valence-electron chi connectivity index (χ4n) is 5.32. The number of ether oxygens (including phenoxy) is 3. The first-order chi connectivity index (χ1) is 21.4. The fourth-order valence-corrected chi connectivity index (χ4v) is 5.32. The zero-order chi connectivity index (χ0) is 36.2. The van der Waals surface area contributed by atoms with Gasteiger partial charge in [0, 0.05) is 11.6 Å². The van der Waals surface area contributed by atoms with E-state index in [1.807, 2.05) is 41.5 Å². The van der Waals surface area contributed by atoms with Crippen LogP contribution in [-0.2, 0) is 20.6 Å². The highest BCUT2D eigenvalue weighted by Crippen LogP contribution is 2.35. The van der Waals surface area contributed by atoms with E-state index >= 15 is 0 Å². The van der Waals surface area contributed by atoms with E-state index in [1.54, 1.807) is 6.92 Å². The molecule has 17 nitrogen and oxygen atoms in total. The minimum absolute atomic E-state index is 0.0586. The Kier molecular flexibility index (Phi) is 13.8. The molecule has 0 spiro atoms. The van der Waals surface area contributed by atoms with E-state index in [2.05, 4.69) is 0 Å². The van der Waals surface area contributed by atoms with Gasteiger partial charge < -0.3 is 55.1 Å². The van der Waals surface area contributed by atoms with E-state index in [0.717, 1.165) is 6.07 Å². The summed E-state index contributed by atoms with van der Waals surface area (Å²) in [4.78, 5) is 20.6. The lowest BCUT2D eigenvalue weighted by Gasteiger charge is -2.48. The number of aliphatic hydroxyl groups is 8. The molecule has 2 heterocycles. The first-order valence-electron chi connectivity index (χ1n) is 15.2. The first kappa shape index (κ1) is 40.8. The van der Waals surface area contributed by atoms with Gasteiger partial charge in [0.25, 0.3) is 11.4 Å². The second-order valence-electron chi connectivity index (χ2n) is 14.5. The van der Waals surface area contributed by atoms with Crippen molar-refractivity contribution in [2.45, 2.75) is 129 Å². The molecule has 0 bridgehead atoms. The molecule has 0 radical (unpaired) electrons. The van der Waals surface area contributed by atoms with Crippen molar-refractivity contribution in [1.82, 2.24) is 0 Å². The minimum Gasteiger partial charge on any atom is -0.394 e. The predicted octanol–water partition coefficient (Wildman–Crippen LogP) is 0.199. The zero-order valence-electron chi connectivity index (χ0n) is 27.7. The summed E-state index contributed by atoms with van der Waals surface area (Å²) in [6.45, 7) is 12.1. The molecule has 3 rings (SSSR count). The van der Waals surface area contributed by atoms with Gasteiger partial charge in [0.2, 0.25) is 5.79 Å². The Hall–Kier alpha value is -2.42. The fraction of sp³-hybridized carbons (Fsp3) is 0.800. The summed E-state index contributed by atoms with van der Waals surface area (Å²) in [5, 5.41) is 101. The summed E-state index contributed by atoms with van der Waals surface area (Å²) < 4.78 is 16.2. The van der Waals surface area contributed by atoms with Gasteiger partial charge in [-0.15, -0.1) is 0 Å². The number of nitro benzene ring substituents is 2. The molecule has 8 N–H and O–H groups in total. The van der Waals surface area contributed by atoms with Crippen LogP contribution in [0.5, 0.6) is 0 Å². The van der Waals surface area contributed by atoms with Gasteiger partial charge >= 0.3 is 0 Å². The van der Waals surface area contributed by atoms with E-state index in [9.17, 15) is 61.1 Å². The van der Waals surface area contributed by atoms with Crippen molar-refractivity contribution in [3.8, 4) is 0 Å². The third kappa shape index (κ3) is 10.5. The summed E-state index contributed by atoms with van der Waals surface area (Å²) >= 11 is 0. The third-order valence-electron chi connectivity index (χ3n) is 7.96. The minimum atomic E-state index is -2.93. The molecule has 2 aliphatic rings. The number of benzene rings is 1. The Morgan fingerprint density at radius 1 is 0.851 bits per heavy atom. The largest absolute Gasteiger partial charge is 0.394 e. The lowest BCUT2D eigenvalue weighted by atomic mass is 9.85. The van der Waals surface area contributed by atoms with Crippen LogP contribution in [0.25, 0.3) is 0 Å². The molecule has 2 fully saturated rings. The van der Waals surface area contributed by atoms with E-state index in [0.29, 0.717) is 30.4 Å². The highest BCUT2D eigenvalue weighted by atomic mass is 16.7. The second kappa shape index (κ2) is 15.9. The Balaban J connectivity index is 0.000000366. The van der Waals surface area contributed by atoms with E-state index < -0.39 is 84.0 Å². The standard InChI is InChI=1S/C18H34O11.C12H16N2O4/c1-17(2,3)5-4-8-11(21)14(12(22)9(6-19)27-8)29-16-13(23)15(24)18(25,26)10(7-20)28-16;1-8-5-9(13(15)16)6-11(14(17)18)10(8)7-12(2,3)4/h8-16,19-26H,4-7H2,1-3H3;5-6H,7H2,1-4H3/t8-,9?,10?,11?,12-,13?,14+,15+,16-;/m0./s1. The summed E-state index contributed by atoms with van der Waals surface area (Å²) in [6, 6.07) is 2.42. The van der Waals surface area contributed by atoms with Crippen LogP contribution in [-0.4, -0.2) is 125 Å². The van der Waals surface area contributed by atoms with Crippen molar-refractivity contribution < 1.29 is 64.9 Å². The van der Waals surface area contributed by atoms with Gasteiger partial charge in [0.05, 0.1) is 35.2 Å². The maximum atomic E-state index is 11.0. The van der Waals surface area contributed by atoms with Crippen LogP contribution in [0.3, 0.4) is 0 Å². The normalized spacial score (nSPS) is 31.1. The van der Waals surface area contributed by atoms with Crippen molar-refractivity contribution in [2.75, 3.05) is 13.2 Å². The zero-order valence-corrected chi connectivity index (χ0v) is 27.7. The molecule has 9 atom stereocenters. The lowest BCUT2D eigenvalue weighted by molar-refractivity contribution is -0.400. The molecule has 0 aromatic heterocycles. The molecule has 47 heavy (non-hydrogen) atoms. The molecule has 0 aliphatic carbocycles. The lowest BCUT2D eigenvalue weighted by Crippen LogP contribution is -2.69. The van der Waals surface area contributed by atoms with E-state index in [1.165, 1.54) is 6.07 Å². The van der Waals surface area contributed by atoms with Gasteiger partial charge in [-0.2, -0.15) is 0 Å². The van der Waals surface area contributed by atoms with Crippen LogP contribution in [0.2, 0.25) is 0 Å². The van der Waals surface area contributed by atoms with Crippen molar-refractivity contribution in [3.63, 3.8) is 0 Å². The van der Waals surface area contributed by atoms with Crippen LogP contribution in [0.15, 0.2) is 12.1 Å². The van der Waals surface area contributed by atoms with Gasteiger partial charge in [-0.25, -0.2) is 0 Å². The summed E-state index contributed by atoms with van der Waals surface area (Å²) in [5.41, 5.74) is 0.570. The van der Waals surface area contributed by atoms with Crippen LogP contribution < -0.4 is 0 Å². The monoisotopic (exact) mass is 678 g/mol. The van der Waals surface area contributed by atoms with Crippen LogP contribution in [0.4, 0.5) is 11.4 Å². The summed E-state index contributed by atoms with van der Waals surface area (Å²) in [7, 11) is 0. The van der Waals surface area contributed by atoms with Crippen LogP contribution in [0, 0.1) is 38.0 Å². The molecular weight excluding hydrogens is 628 g/mol. The topological polar surface area (TPSA) is 276 Å². The Labute approximate surface area is 272 Å². The number of hydrogen-bond donors (Lipinski definition) is 8. The second-order valence-corrected chi connectivity index (χ2v) is 14.5. The number of non-ortho nitro benzene ring substituents is 1. The van der Waals surface area contributed by atoms with E-state index in [-0.39, 0.29) is 22.2 Å². The third-order valence-corrected chi connectivity index (χ3v) is 7.96. The Morgan fingerprint density at radius 2 is 1.43 bits per heavy atom. The molecule has 2 aliphatic heterocycles. The van der Waals surface area contributed by atoms with Crippen molar-refractivity contribution >= 4 is 11.4 Å². The summed E-state index contributed by atoms with van der Waals surface area (Å²) in [6.07, 6.45) is -12.0. The first-order valence-corrected chi connectivity index (χ1v) is 15.2. The number of aryl methyl sites for hydroxylation is 1. The van der Waals surface area contributed by atoms with Crippen molar-refractivity contribution in [2.24, 2.45) is 10.8 Å². The Bertz CT molecular complexity index is 1210. The number of aliphatic hydroxyl groups excluding tert-OH is 6. The highest BCUT2D eigenvalue weighted by Gasteiger charge is 2.56. The van der Waals surface area contributed by atoms with Crippen LogP contribution in [0.1, 0.15) is 65.5 Å². The highest BCUT2D eigenvalue weighted by molar-refractivity contribution is 5.53. The molecule has 0 amide bonds. The van der Waals surface area contributed by atoms with Gasteiger partial charge in [-0.3, -0.25) is 20.2 Å². The quantitative estimate of drug-likeness (QED) is 0.0984. The number of nitrogens with zero attached hydrogens (tertiary/aromatic N) is 2. The average molecular weight is 679 g/mol. The molecule has 1 aromatic rings. The molecule has 270 valence electrons. The molecule has 1 aromatic carbocycles. The Morgan fingerprint density at radius 3 is 1.89 bits per heavy atom. The molecule has 17 heteroatoms. The van der Waals surface area contributed by atoms with Gasteiger partial charge in [0.1, 0.15) is 42.7 Å². The number of rotatable bonds is 9. The number of nitro groups is 2. The van der Waals surface area contributed by atoms with Crippen molar-refractivity contribution in [1.29, 1.82) is 0 Å². The SMILES string of the molecule is CC(C)(C)CC[C@@H]1OC(CO)[C@H](O)[C@H](O[C@@H]2OC(CO)C(O)(O)[C@H](O)C2O)C1O.Cc1cc([N+](=O)[O-])cc([N+](=O)[O-])c1CC(C)(C)C. The molecular formula is C30H50N2O15. The average Bonchev–Trinajstić information content (AvgIpc) is 2.94. The van der Waals surface area contributed by atoms with Crippen LogP contribution >= 0.6 is 0 Å². The predicted molar refractivity (Wildman–Crippen MR) is 164 cm³/mol. The van der Waals surface area contributed by atoms with Gasteiger partial charge in [-0.05, 0) is 42.6 Å². The number of hydrogen-bond acceptors (Lipinski definition) is 15. The molecule has 4 unspecified atom stereocenters. The van der Waals surface area contributed by atoms with Crippen molar-refractivity contribution in [3.05, 3.63) is 43.5 Å².